The predicted molar refractivity (Wildman–Crippen MR) is 67.8 cm³/mol. The van der Waals surface area contributed by atoms with Crippen LogP contribution in [0.25, 0.3) is 0 Å². The van der Waals surface area contributed by atoms with Crippen molar-refractivity contribution < 1.29 is 9.59 Å². The first-order valence-corrected chi connectivity index (χ1v) is 6.40. The summed E-state index contributed by atoms with van der Waals surface area (Å²) in [4.78, 5) is 23.6. The standard InChI is InChI=1S/C14H16N2O2/c17-13(15-9-4-2-1-3-5-9)11-8-12(11)14(18)16-10-6-7-10/h1-5,10-12H,6-8H2,(H,15,17)(H,16,18). The maximum atomic E-state index is 11.9. The molecule has 2 saturated carbocycles. The molecular formula is C14H16N2O2. The van der Waals surface area contributed by atoms with Crippen LogP contribution in [-0.4, -0.2) is 17.9 Å². The smallest absolute Gasteiger partial charge is 0.228 e. The van der Waals surface area contributed by atoms with Crippen LogP contribution in [0.15, 0.2) is 30.3 Å². The molecule has 0 spiro atoms. The van der Waals surface area contributed by atoms with Gasteiger partial charge in [0.2, 0.25) is 11.8 Å². The van der Waals surface area contributed by atoms with Crippen molar-refractivity contribution in [3.05, 3.63) is 30.3 Å². The van der Waals surface area contributed by atoms with Crippen LogP contribution in [0.1, 0.15) is 19.3 Å². The molecule has 4 nitrogen and oxygen atoms in total. The van der Waals surface area contributed by atoms with Gasteiger partial charge >= 0.3 is 0 Å². The largest absolute Gasteiger partial charge is 0.353 e. The maximum Gasteiger partial charge on any atom is 0.228 e. The van der Waals surface area contributed by atoms with Crippen molar-refractivity contribution in [2.45, 2.75) is 25.3 Å². The molecular weight excluding hydrogens is 228 g/mol. The number of rotatable bonds is 4. The number of para-hydroxylation sites is 1. The lowest BCUT2D eigenvalue weighted by atomic mass is 10.2. The Morgan fingerprint density at radius 2 is 1.67 bits per heavy atom. The zero-order valence-corrected chi connectivity index (χ0v) is 10.1. The third-order valence-corrected chi connectivity index (χ3v) is 3.43. The van der Waals surface area contributed by atoms with Gasteiger partial charge in [-0.2, -0.15) is 0 Å². The average Bonchev–Trinajstić information content (AvgIpc) is 3.24. The first-order valence-electron chi connectivity index (χ1n) is 6.40. The molecule has 94 valence electrons. The zero-order chi connectivity index (χ0) is 12.5. The molecule has 2 atom stereocenters. The van der Waals surface area contributed by atoms with E-state index in [4.69, 9.17) is 0 Å². The third-order valence-electron chi connectivity index (χ3n) is 3.43. The highest BCUT2D eigenvalue weighted by molar-refractivity contribution is 5.99. The van der Waals surface area contributed by atoms with Gasteiger partial charge in [-0.15, -0.1) is 0 Å². The molecule has 0 radical (unpaired) electrons. The van der Waals surface area contributed by atoms with Crippen molar-refractivity contribution in [1.82, 2.24) is 5.32 Å². The molecule has 2 fully saturated rings. The van der Waals surface area contributed by atoms with E-state index in [-0.39, 0.29) is 23.7 Å². The highest BCUT2D eigenvalue weighted by Gasteiger charge is 2.48. The molecule has 0 bridgehead atoms. The quantitative estimate of drug-likeness (QED) is 0.844. The van der Waals surface area contributed by atoms with Gasteiger partial charge < -0.3 is 10.6 Å². The summed E-state index contributed by atoms with van der Waals surface area (Å²) < 4.78 is 0. The van der Waals surface area contributed by atoms with Gasteiger partial charge in [-0.25, -0.2) is 0 Å². The fraction of sp³-hybridized carbons (Fsp3) is 0.429. The lowest BCUT2D eigenvalue weighted by molar-refractivity contribution is -0.125. The minimum absolute atomic E-state index is 0.0443. The van der Waals surface area contributed by atoms with Crippen molar-refractivity contribution in [2.75, 3.05) is 5.32 Å². The Labute approximate surface area is 106 Å². The number of amides is 2. The van der Waals surface area contributed by atoms with Crippen molar-refractivity contribution in [1.29, 1.82) is 0 Å². The van der Waals surface area contributed by atoms with E-state index in [9.17, 15) is 9.59 Å². The van der Waals surface area contributed by atoms with E-state index in [1.807, 2.05) is 30.3 Å². The van der Waals surface area contributed by atoms with Gasteiger partial charge in [0.05, 0.1) is 11.8 Å². The fourth-order valence-electron chi connectivity index (χ4n) is 2.07. The second kappa shape index (κ2) is 4.44. The van der Waals surface area contributed by atoms with Crippen LogP contribution in [0.4, 0.5) is 5.69 Å². The van der Waals surface area contributed by atoms with E-state index in [0.29, 0.717) is 12.5 Å². The molecule has 2 aliphatic rings. The van der Waals surface area contributed by atoms with Crippen molar-refractivity contribution in [3.63, 3.8) is 0 Å². The zero-order valence-electron chi connectivity index (χ0n) is 10.1. The summed E-state index contributed by atoms with van der Waals surface area (Å²) in [7, 11) is 0. The van der Waals surface area contributed by atoms with Crippen LogP contribution in [-0.2, 0) is 9.59 Å². The van der Waals surface area contributed by atoms with Crippen LogP contribution in [0.3, 0.4) is 0 Å². The lowest BCUT2D eigenvalue weighted by Gasteiger charge is -2.05. The second-order valence-corrected chi connectivity index (χ2v) is 5.09. The van der Waals surface area contributed by atoms with Gasteiger partial charge in [-0.05, 0) is 31.4 Å². The fourth-order valence-corrected chi connectivity index (χ4v) is 2.07. The number of carbonyl (C=O) groups excluding carboxylic acids is 2. The minimum atomic E-state index is -0.149. The van der Waals surface area contributed by atoms with E-state index in [2.05, 4.69) is 10.6 Å². The number of carbonyl (C=O) groups is 2. The molecule has 1 aromatic carbocycles. The van der Waals surface area contributed by atoms with Gasteiger partial charge in [0.25, 0.3) is 0 Å². The molecule has 18 heavy (non-hydrogen) atoms. The van der Waals surface area contributed by atoms with Gasteiger partial charge in [-0.1, -0.05) is 18.2 Å². The maximum absolute atomic E-state index is 11.9. The number of hydrogen-bond acceptors (Lipinski definition) is 2. The van der Waals surface area contributed by atoms with Crippen LogP contribution in [0.2, 0.25) is 0 Å². The summed E-state index contributed by atoms with van der Waals surface area (Å²) >= 11 is 0. The average molecular weight is 244 g/mol. The molecule has 2 N–H and O–H groups in total. The lowest BCUT2D eigenvalue weighted by Crippen LogP contribution is -2.29. The Balaban J connectivity index is 1.51. The van der Waals surface area contributed by atoms with Crippen LogP contribution in [0.5, 0.6) is 0 Å². The summed E-state index contributed by atoms with van der Waals surface area (Å²) in [5.74, 6) is -0.263. The van der Waals surface area contributed by atoms with E-state index < -0.39 is 0 Å². The van der Waals surface area contributed by atoms with Crippen LogP contribution < -0.4 is 10.6 Å². The Hall–Kier alpha value is -1.84. The molecule has 3 rings (SSSR count). The monoisotopic (exact) mass is 244 g/mol. The van der Waals surface area contributed by atoms with Crippen molar-refractivity contribution in [2.24, 2.45) is 11.8 Å². The van der Waals surface area contributed by atoms with E-state index >= 15 is 0 Å². The Kier molecular flexibility index (Phi) is 2.78. The molecule has 0 aliphatic heterocycles. The minimum Gasteiger partial charge on any atom is -0.353 e. The predicted octanol–water partition coefficient (Wildman–Crippen LogP) is 1.54. The normalized spacial score (nSPS) is 25.3. The van der Waals surface area contributed by atoms with Crippen LogP contribution >= 0.6 is 0 Å². The molecule has 0 saturated heterocycles. The van der Waals surface area contributed by atoms with E-state index in [1.165, 1.54) is 0 Å². The van der Waals surface area contributed by atoms with Crippen molar-refractivity contribution in [3.8, 4) is 0 Å². The summed E-state index contributed by atoms with van der Waals surface area (Å²) in [6, 6.07) is 9.72. The Morgan fingerprint density at radius 3 is 2.33 bits per heavy atom. The first-order chi connectivity index (χ1) is 8.74. The highest BCUT2D eigenvalue weighted by atomic mass is 16.2. The third kappa shape index (κ3) is 2.53. The molecule has 2 amide bonds. The highest BCUT2D eigenvalue weighted by Crippen LogP contribution is 2.40. The molecule has 2 unspecified atom stereocenters. The van der Waals surface area contributed by atoms with E-state index in [0.717, 1.165) is 18.5 Å². The summed E-state index contributed by atoms with van der Waals surface area (Å²) in [6.45, 7) is 0. The van der Waals surface area contributed by atoms with Gasteiger partial charge in [0.1, 0.15) is 0 Å². The van der Waals surface area contributed by atoms with Gasteiger partial charge in [-0.3, -0.25) is 9.59 Å². The van der Waals surface area contributed by atoms with Crippen LogP contribution in [0, 0.1) is 11.8 Å². The number of hydrogen-bond donors (Lipinski definition) is 2. The number of benzene rings is 1. The summed E-state index contributed by atoms with van der Waals surface area (Å²) in [5, 5.41) is 5.78. The van der Waals surface area contributed by atoms with E-state index in [1.54, 1.807) is 0 Å². The summed E-state index contributed by atoms with van der Waals surface area (Å²) in [5.41, 5.74) is 0.788. The number of nitrogens with one attached hydrogen (secondary N) is 2. The summed E-state index contributed by atoms with van der Waals surface area (Å²) in [6.07, 6.45) is 2.84. The first kappa shape index (κ1) is 11.3. The topological polar surface area (TPSA) is 58.2 Å². The molecule has 1 aromatic rings. The van der Waals surface area contributed by atoms with Gasteiger partial charge in [0.15, 0.2) is 0 Å². The SMILES string of the molecule is O=C(Nc1ccccc1)C1CC1C(=O)NC1CC1. The molecule has 2 aliphatic carbocycles. The Morgan fingerprint density at radius 1 is 1.00 bits per heavy atom. The second-order valence-electron chi connectivity index (χ2n) is 5.09. The molecule has 0 heterocycles. The Bertz CT molecular complexity index is 468. The van der Waals surface area contributed by atoms with Gasteiger partial charge in [0, 0.05) is 11.7 Å². The molecule has 4 heteroatoms. The van der Waals surface area contributed by atoms with Crippen molar-refractivity contribution >= 4 is 17.5 Å². The number of anilines is 1. The molecule has 0 aromatic heterocycles.